The van der Waals surface area contributed by atoms with E-state index in [-0.39, 0.29) is 5.91 Å². The first-order valence-corrected chi connectivity index (χ1v) is 7.02. The second-order valence-corrected chi connectivity index (χ2v) is 5.55. The number of hydrogen-bond acceptors (Lipinski definition) is 1. The molecule has 1 amide bonds. The topological polar surface area (TPSA) is 20.3 Å². The number of anilines is 1. The lowest BCUT2D eigenvalue weighted by atomic mass is 9.98. The van der Waals surface area contributed by atoms with E-state index in [0.29, 0.717) is 6.42 Å². The van der Waals surface area contributed by atoms with Crippen molar-refractivity contribution < 1.29 is 4.79 Å². The van der Waals surface area contributed by atoms with E-state index < -0.39 is 0 Å². The average Bonchev–Trinajstić information content (AvgIpc) is 2.28. The Kier molecular flexibility index (Phi) is 3.87. The summed E-state index contributed by atoms with van der Waals surface area (Å²) in [6, 6.07) is 4.24. The Labute approximate surface area is 111 Å². The molecular formula is C14H18BrNO. The van der Waals surface area contributed by atoms with Gasteiger partial charge in [0.25, 0.3) is 0 Å². The number of carbonyl (C=O) groups is 1. The smallest absolute Gasteiger partial charge is 0.226 e. The summed E-state index contributed by atoms with van der Waals surface area (Å²) in [4.78, 5) is 14.1. The molecule has 1 aromatic carbocycles. The van der Waals surface area contributed by atoms with Gasteiger partial charge in [-0.05, 0) is 49.4 Å². The molecule has 0 bridgehead atoms. The maximum atomic E-state index is 12.1. The molecular weight excluding hydrogens is 278 g/mol. The number of aryl methyl sites for hydroxylation is 2. The molecule has 3 heteroatoms. The molecule has 0 fully saturated rings. The molecule has 1 aliphatic heterocycles. The Balaban J connectivity index is 2.40. The van der Waals surface area contributed by atoms with Gasteiger partial charge < -0.3 is 4.90 Å². The van der Waals surface area contributed by atoms with Gasteiger partial charge in [0.15, 0.2) is 0 Å². The van der Waals surface area contributed by atoms with Crippen LogP contribution in [0.3, 0.4) is 0 Å². The minimum absolute atomic E-state index is 0.263. The van der Waals surface area contributed by atoms with Crippen LogP contribution in [-0.2, 0) is 11.2 Å². The van der Waals surface area contributed by atoms with Crippen LogP contribution >= 0.6 is 15.9 Å². The van der Waals surface area contributed by atoms with Crippen molar-refractivity contribution in [1.29, 1.82) is 0 Å². The Hall–Kier alpha value is -0.830. The van der Waals surface area contributed by atoms with Crippen LogP contribution in [0.1, 0.15) is 37.3 Å². The van der Waals surface area contributed by atoms with Gasteiger partial charge in [-0.15, -0.1) is 0 Å². The summed E-state index contributed by atoms with van der Waals surface area (Å²) in [6.45, 7) is 5.01. The molecule has 0 spiro atoms. The molecule has 0 saturated heterocycles. The van der Waals surface area contributed by atoms with Crippen molar-refractivity contribution in [3.8, 4) is 0 Å². The third-order valence-electron chi connectivity index (χ3n) is 3.21. The predicted molar refractivity (Wildman–Crippen MR) is 74.5 cm³/mol. The molecule has 0 N–H and O–H groups in total. The van der Waals surface area contributed by atoms with Gasteiger partial charge in [-0.25, -0.2) is 0 Å². The fourth-order valence-corrected chi connectivity index (χ4v) is 3.14. The van der Waals surface area contributed by atoms with E-state index in [1.807, 2.05) is 4.90 Å². The largest absolute Gasteiger partial charge is 0.312 e. The summed E-state index contributed by atoms with van der Waals surface area (Å²) in [5.74, 6) is 0.263. The van der Waals surface area contributed by atoms with E-state index >= 15 is 0 Å². The molecule has 1 aromatic rings. The van der Waals surface area contributed by atoms with Crippen molar-refractivity contribution in [2.75, 3.05) is 11.4 Å². The lowest BCUT2D eigenvalue weighted by Gasteiger charge is -2.31. The minimum Gasteiger partial charge on any atom is -0.312 e. The van der Waals surface area contributed by atoms with Gasteiger partial charge in [0.2, 0.25) is 5.91 Å². The number of amides is 1. The number of carbonyl (C=O) groups excluding carboxylic acids is 1. The highest BCUT2D eigenvalue weighted by atomic mass is 79.9. The van der Waals surface area contributed by atoms with Gasteiger partial charge in [0.1, 0.15) is 0 Å². The van der Waals surface area contributed by atoms with Crippen molar-refractivity contribution in [3.05, 3.63) is 27.7 Å². The average molecular weight is 296 g/mol. The highest BCUT2D eigenvalue weighted by Gasteiger charge is 2.23. The zero-order chi connectivity index (χ0) is 12.4. The molecule has 0 aromatic heterocycles. The van der Waals surface area contributed by atoms with E-state index in [4.69, 9.17) is 0 Å². The molecule has 0 atom stereocenters. The minimum atomic E-state index is 0.263. The van der Waals surface area contributed by atoms with E-state index in [1.54, 1.807) is 0 Å². The highest BCUT2D eigenvalue weighted by molar-refractivity contribution is 9.10. The summed E-state index contributed by atoms with van der Waals surface area (Å²) < 4.78 is 1.11. The van der Waals surface area contributed by atoms with Gasteiger partial charge in [0.05, 0.1) is 0 Å². The van der Waals surface area contributed by atoms with Crippen LogP contribution in [0, 0.1) is 6.92 Å². The van der Waals surface area contributed by atoms with Crippen LogP contribution in [0.2, 0.25) is 0 Å². The Morgan fingerprint density at radius 1 is 1.47 bits per heavy atom. The summed E-state index contributed by atoms with van der Waals surface area (Å²) >= 11 is 3.53. The molecule has 92 valence electrons. The number of benzene rings is 1. The van der Waals surface area contributed by atoms with Crippen LogP contribution in [0.5, 0.6) is 0 Å². The fraction of sp³-hybridized carbons (Fsp3) is 0.500. The third-order valence-corrected chi connectivity index (χ3v) is 3.66. The molecule has 17 heavy (non-hydrogen) atoms. The van der Waals surface area contributed by atoms with E-state index in [9.17, 15) is 4.79 Å². The normalized spacial score (nSPS) is 14.6. The lowest BCUT2D eigenvalue weighted by Crippen LogP contribution is -2.35. The number of hydrogen-bond donors (Lipinski definition) is 0. The monoisotopic (exact) mass is 295 g/mol. The van der Waals surface area contributed by atoms with Crippen molar-refractivity contribution >= 4 is 27.5 Å². The Bertz CT molecular complexity index is 442. The first kappa shape index (κ1) is 12.6. The van der Waals surface area contributed by atoms with E-state index in [0.717, 1.165) is 36.0 Å². The van der Waals surface area contributed by atoms with Crippen LogP contribution in [-0.4, -0.2) is 12.5 Å². The van der Waals surface area contributed by atoms with Gasteiger partial charge in [0, 0.05) is 23.1 Å². The summed E-state index contributed by atoms with van der Waals surface area (Å²) in [5.41, 5.74) is 3.64. The molecule has 1 aliphatic rings. The van der Waals surface area contributed by atoms with Gasteiger partial charge in [-0.1, -0.05) is 22.9 Å². The van der Waals surface area contributed by atoms with Gasteiger partial charge in [-0.2, -0.15) is 0 Å². The molecule has 0 aliphatic carbocycles. The first-order valence-electron chi connectivity index (χ1n) is 6.23. The van der Waals surface area contributed by atoms with E-state index in [2.05, 4.69) is 41.9 Å². The maximum Gasteiger partial charge on any atom is 0.226 e. The highest BCUT2D eigenvalue weighted by Crippen LogP contribution is 2.33. The molecule has 2 nitrogen and oxygen atoms in total. The second kappa shape index (κ2) is 5.21. The maximum absolute atomic E-state index is 12.1. The zero-order valence-electron chi connectivity index (χ0n) is 10.4. The van der Waals surface area contributed by atoms with Crippen molar-refractivity contribution in [3.63, 3.8) is 0 Å². The number of halogens is 1. The Morgan fingerprint density at radius 3 is 2.94 bits per heavy atom. The molecule has 0 saturated carbocycles. The van der Waals surface area contributed by atoms with Crippen LogP contribution in [0.4, 0.5) is 5.69 Å². The fourth-order valence-electron chi connectivity index (χ4n) is 2.52. The van der Waals surface area contributed by atoms with Crippen molar-refractivity contribution in [2.45, 2.75) is 39.5 Å². The zero-order valence-corrected chi connectivity index (χ0v) is 12.0. The number of rotatable bonds is 2. The molecule has 2 rings (SSSR count). The number of fused-ring (bicyclic) bond motifs is 1. The summed E-state index contributed by atoms with van der Waals surface area (Å²) in [7, 11) is 0. The molecule has 0 unspecified atom stereocenters. The lowest BCUT2D eigenvalue weighted by molar-refractivity contribution is -0.118. The standard InChI is InChI=1S/C14H18BrNO/c1-3-5-13(17)16-7-4-6-11-9-12(15)8-10(2)14(11)16/h8-9H,3-7H2,1-2H3. The summed E-state index contributed by atoms with van der Waals surface area (Å²) in [5, 5.41) is 0. The quantitative estimate of drug-likeness (QED) is 0.812. The van der Waals surface area contributed by atoms with E-state index in [1.165, 1.54) is 11.1 Å². The van der Waals surface area contributed by atoms with Crippen molar-refractivity contribution in [2.24, 2.45) is 0 Å². The molecule has 1 heterocycles. The second-order valence-electron chi connectivity index (χ2n) is 4.63. The van der Waals surface area contributed by atoms with Gasteiger partial charge >= 0.3 is 0 Å². The Morgan fingerprint density at radius 2 is 2.24 bits per heavy atom. The SMILES string of the molecule is CCCC(=O)N1CCCc2cc(Br)cc(C)c21. The van der Waals surface area contributed by atoms with Crippen LogP contribution in [0.25, 0.3) is 0 Å². The summed E-state index contributed by atoms with van der Waals surface area (Å²) in [6.07, 6.45) is 3.71. The van der Waals surface area contributed by atoms with Crippen molar-refractivity contribution in [1.82, 2.24) is 0 Å². The van der Waals surface area contributed by atoms with Gasteiger partial charge in [-0.3, -0.25) is 4.79 Å². The number of nitrogens with zero attached hydrogens (tertiary/aromatic N) is 1. The van der Waals surface area contributed by atoms with Crippen LogP contribution in [0.15, 0.2) is 16.6 Å². The predicted octanol–water partition coefficient (Wildman–Crippen LogP) is 3.84. The molecule has 0 radical (unpaired) electrons. The first-order chi connectivity index (χ1) is 8.13. The van der Waals surface area contributed by atoms with Crippen LogP contribution < -0.4 is 4.90 Å². The third kappa shape index (κ3) is 2.54.